The van der Waals surface area contributed by atoms with Gasteiger partial charge in [-0.2, -0.15) is 15.0 Å². The van der Waals surface area contributed by atoms with Gasteiger partial charge >= 0.3 is 0 Å². The third kappa shape index (κ3) is 7.77. The number of morpholine rings is 1. The van der Waals surface area contributed by atoms with Crippen molar-refractivity contribution in [1.29, 1.82) is 0 Å². The third-order valence-corrected chi connectivity index (χ3v) is 9.60. The van der Waals surface area contributed by atoms with Gasteiger partial charge in [-0.05, 0) is 36.7 Å². The highest BCUT2D eigenvalue weighted by Crippen LogP contribution is 2.44. The second kappa shape index (κ2) is 14.0. The minimum Gasteiger partial charge on any atom is -0.378 e. The Balaban J connectivity index is 1.29. The summed E-state index contributed by atoms with van der Waals surface area (Å²) in [5.74, 6) is 0.928. The van der Waals surface area contributed by atoms with Crippen molar-refractivity contribution in [2.45, 2.75) is 53.4 Å². The van der Waals surface area contributed by atoms with E-state index in [1.807, 2.05) is 33.4 Å². The van der Waals surface area contributed by atoms with Crippen LogP contribution in [0, 0.1) is 16.7 Å². The van der Waals surface area contributed by atoms with Crippen LogP contribution in [0.3, 0.4) is 0 Å². The van der Waals surface area contributed by atoms with Gasteiger partial charge < -0.3 is 30.1 Å². The van der Waals surface area contributed by atoms with Crippen LogP contribution in [-0.2, 0) is 14.3 Å². The van der Waals surface area contributed by atoms with E-state index in [0.29, 0.717) is 83.4 Å². The highest BCUT2D eigenvalue weighted by atomic mass is 19.3. The molecule has 3 aliphatic rings. The van der Waals surface area contributed by atoms with E-state index in [9.17, 15) is 18.4 Å². The number of hydrogen-bond acceptors (Lipinski definition) is 11. The average Bonchev–Trinajstić information content (AvgIpc) is 3.07. The Morgan fingerprint density at radius 2 is 1.53 bits per heavy atom. The first-order chi connectivity index (χ1) is 22.3. The maximum Gasteiger partial charge on any atom is 0.281 e. The van der Waals surface area contributed by atoms with Gasteiger partial charge in [-0.25, -0.2) is 18.7 Å². The van der Waals surface area contributed by atoms with Crippen LogP contribution in [0.15, 0.2) is 18.9 Å². The Morgan fingerprint density at radius 1 is 0.936 bits per heavy atom. The molecule has 0 unspecified atom stereocenters. The Labute approximate surface area is 274 Å². The molecule has 256 valence electrons. The molecular formula is C32H46F2N10O3. The molecule has 2 aromatic heterocycles. The number of hydrogen-bond donors (Lipinski definition) is 1. The molecule has 13 nitrogen and oxygen atoms in total. The van der Waals surface area contributed by atoms with Crippen molar-refractivity contribution < 1.29 is 23.1 Å². The molecule has 5 rings (SSSR count). The molecule has 0 bridgehead atoms. The van der Waals surface area contributed by atoms with Crippen LogP contribution in [0.25, 0.3) is 11.4 Å². The summed E-state index contributed by atoms with van der Waals surface area (Å²) in [4.78, 5) is 55.1. The lowest BCUT2D eigenvalue weighted by Crippen LogP contribution is -2.53. The van der Waals surface area contributed by atoms with Crippen molar-refractivity contribution in [3.8, 4) is 11.4 Å². The molecule has 0 aliphatic carbocycles. The summed E-state index contributed by atoms with van der Waals surface area (Å²) in [5, 5.41) is 0. The molecule has 3 saturated heterocycles. The fraction of sp³-hybridized carbons (Fsp3) is 0.656. The van der Waals surface area contributed by atoms with Gasteiger partial charge in [-0.15, -0.1) is 0 Å². The number of piperazine rings is 1. The smallest absolute Gasteiger partial charge is 0.281 e. The van der Waals surface area contributed by atoms with E-state index in [-0.39, 0.29) is 34.6 Å². The Morgan fingerprint density at radius 3 is 2.11 bits per heavy atom. The highest BCUT2D eigenvalue weighted by Gasteiger charge is 2.42. The first-order valence-corrected chi connectivity index (χ1v) is 16.2. The number of rotatable bonds is 9. The molecule has 2 N–H and O–H groups in total. The second-order valence-corrected chi connectivity index (χ2v) is 13.8. The van der Waals surface area contributed by atoms with Gasteiger partial charge in [-0.3, -0.25) is 9.59 Å². The van der Waals surface area contributed by atoms with Crippen LogP contribution < -0.4 is 15.5 Å². The fourth-order valence-corrected chi connectivity index (χ4v) is 7.18. The number of amides is 2. The van der Waals surface area contributed by atoms with E-state index >= 15 is 0 Å². The van der Waals surface area contributed by atoms with Crippen molar-refractivity contribution in [3.63, 3.8) is 0 Å². The topological polar surface area (TPSA) is 147 Å². The van der Waals surface area contributed by atoms with Crippen molar-refractivity contribution in [2.24, 2.45) is 16.7 Å². The fourth-order valence-electron chi connectivity index (χ4n) is 7.18. The Kier molecular flexibility index (Phi) is 10.2. The molecule has 0 radical (unpaired) electrons. The van der Waals surface area contributed by atoms with E-state index in [2.05, 4.69) is 40.4 Å². The molecule has 2 amide bonds. The number of nitrogen functional groups attached to an aromatic ring is 1. The van der Waals surface area contributed by atoms with Crippen molar-refractivity contribution in [3.05, 3.63) is 24.5 Å². The molecule has 5 heterocycles. The predicted molar refractivity (Wildman–Crippen MR) is 174 cm³/mol. The minimum absolute atomic E-state index is 0.0106. The molecule has 0 aromatic carbocycles. The molecule has 0 atom stereocenters. The number of nitrogens with zero attached hydrogens (tertiary/aromatic N) is 9. The molecule has 3 aliphatic heterocycles. The normalized spacial score (nSPS) is 18.5. The van der Waals surface area contributed by atoms with Crippen molar-refractivity contribution in [1.82, 2.24) is 34.7 Å². The zero-order valence-corrected chi connectivity index (χ0v) is 27.8. The number of carbonyl (C=O) groups excluding carboxylic acids is 2. The molecule has 2 aromatic rings. The second-order valence-electron chi connectivity index (χ2n) is 13.8. The number of piperidine rings is 1. The lowest BCUT2D eigenvalue weighted by molar-refractivity contribution is -0.143. The largest absolute Gasteiger partial charge is 0.378 e. The first kappa shape index (κ1) is 34.3. The monoisotopic (exact) mass is 656 g/mol. The Hall–Kier alpha value is -4.01. The van der Waals surface area contributed by atoms with Crippen LogP contribution in [-0.4, -0.2) is 112 Å². The lowest BCUT2D eigenvalue weighted by Gasteiger charge is -2.45. The zero-order valence-electron chi connectivity index (χ0n) is 27.8. The van der Waals surface area contributed by atoms with Crippen LogP contribution in [0.2, 0.25) is 0 Å². The van der Waals surface area contributed by atoms with E-state index in [1.54, 1.807) is 0 Å². The number of carbonyl (C=O) groups is 2. The summed E-state index contributed by atoms with van der Waals surface area (Å²) >= 11 is 0. The molecule has 0 spiro atoms. The van der Waals surface area contributed by atoms with Gasteiger partial charge in [0.15, 0.2) is 5.82 Å². The number of anilines is 3. The summed E-state index contributed by atoms with van der Waals surface area (Å²) in [6, 6.07) is 0. The van der Waals surface area contributed by atoms with Crippen LogP contribution >= 0.6 is 0 Å². The highest BCUT2D eigenvalue weighted by molar-refractivity contribution is 5.87. The molecular weight excluding hydrogens is 610 g/mol. The summed E-state index contributed by atoms with van der Waals surface area (Å²) in [5.41, 5.74) is 4.37. The Bertz CT molecular complexity index is 1450. The maximum atomic E-state index is 14.0. The number of nitrogens with two attached hydrogens (primary N) is 1. The van der Waals surface area contributed by atoms with Gasteiger partial charge in [0.2, 0.25) is 29.7 Å². The van der Waals surface area contributed by atoms with Crippen LogP contribution in [0.4, 0.5) is 26.6 Å². The molecule has 3 fully saturated rings. The molecule has 15 heteroatoms. The summed E-state index contributed by atoms with van der Waals surface area (Å²) < 4.78 is 33.4. The van der Waals surface area contributed by atoms with E-state index < -0.39 is 17.5 Å². The number of likely N-dealkylation sites (tertiary alicyclic amines) is 1. The van der Waals surface area contributed by atoms with Gasteiger partial charge in [0.1, 0.15) is 5.69 Å². The summed E-state index contributed by atoms with van der Waals surface area (Å²) in [6.07, 6.45) is 2.20. The van der Waals surface area contributed by atoms with Gasteiger partial charge in [0.25, 0.3) is 6.43 Å². The van der Waals surface area contributed by atoms with Gasteiger partial charge in [0, 0.05) is 64.0 Å². The van der Waals surface area contributed by atoms with Gasteiger partial charge in [-0.1, -0.05) is 34.3 Å². The van der Waals surface area contributed by atoms with E-state index in [0.717, 1.165) is 19.3 Å². The predicted octanol–water partition coefficient (Wildman–Crippen LogP) is 3.20. The van der Waals surface area contributed by atoms with E-state index in [1.165, 1.54) is 12.3 Å². The number of halogens is 2. The summed E-state index contributed by atoms with van der Waals surface area (Å²) in [7, 11) is 0. The number of alkyl halides is 2. The zero-order chi connectivity index (χ0) is 33.9. The summed E-state index contributed by atoms with van der Waals surface area (Å²) in [6.45, 7) is 17.4. The van der Waals surface area contributed by atoms with Gasteiger partial charge in [0.05, 0.1) is 18.8 Å². The van der Waals surface area contributed by atoms with E-state index in [4.69, 9.17) is 15.5 Å². The quantitative estimate of drug-likeness (QED) is 0.397. The maximum absolute atomic E-state index is 14.0. The third-order valence-electron chi connectivity index (χ3n) is 9.60. The molecule has 0 saturated carbocycles. The number of aromatic nitrogens is 5. The lowest BCUT2D eigenvalue weighted by atomic mass is 9.65. The standard InChI is InChI=1S/C32H46F2N10O3/c1-6-23(45)41-9-7-21(8-10-41)31(2,3)20-32(4,5)27(46)42-11-13-43(14-12-42)29-38-26(22-19-36-28(35)37-24(22)25(33)34)39-30(40-29)44-15-17-47-18-16-44/h6,19,21,25H,1,7-18,20H2,2-5H3,(H2,35,36,37). The van der Waals surface area contributed by atoms with Crippen LogP contribution in [0.1, 0.15) is 59.1 Å². The minimum atomic E-state index is -2.90. The first-order valence-electron chi connectivity index (χ1n) is 16.2. The average molecular weight is 657 g/mol. The van der Waals surface area contributed by atoms with Crippen LogP contribution in [0.5, 0.6) is 0 Å². The number of ether oxygens (including phenoxy) is 1. The SMILES string of the molecule is C=CC(=O)N1CCC(C(C)(C)CC(C)(C)C(=O)N2CCN(c3nc(-c4cnc(N)nc4C(F)F)nc(N4CCOCC4)n3)CC2)CC1. The van der Waals surface area contributed by atoms with Crippen molar-refractivity contribution in [2.75, 3.05) is 81.1 Å². The molecule has 47 heavy (non-hydrogen) atoms. The van der Waals surface area contributed by atoms with Crippen molar-refractivity contribution >= 4 is 29.7 Å².